The van der Waals surface area contributed by atoms with E-state index in [9.17, 15) is 9.59 Å². The number of hydrogen-bond acceptors (Lipinski definition) is 2. The Kier molecular flexibility index (Phi) is 5.64. The summed E-state index contributed by atoms with van der Waals surface area (Å²) in [5.74, 6) is -1.21. The van der Waals surface area contributed by atoms with Crippen LogP contribution in [-0.2, 0) is 4.79 Å². The molecule has 0 aliphatic rings. The van der Waals surface area contributed by atoms with Crippen LogP contribution in [0.3, 0.4) is 0 Å². The van der Waals surface area contributed by atoms with Gasteiger partial charge >= 0.3 is 5.97 Å². The molecule has 3 N–H and O–H groups in total. The third kappa shape index (κ3) is 4.82. The van der Waals surface area contributed by atoms with Gasteiger partial charge in [-0.15, -0.1) is 0 Å². The minimum absolute atomic E-state index is 0.200. The van der Waals surface area contributed by atoms with Crippen molar-refractivity contribution in [3.05, 3.63) is 41.5 Å². The summed E-state index contributed by atoms with van der Waals surface area (Å²) in [7, 11) is 0. The second-order valence-corrected chi connectivity index (χ2v) is 3.99. The fraction of sp³-hybridized carbons (Fsp3) is 0.286. The molecule has 1 rings (SSSR count). The molecule has 0 aliphatic heterocycles. The fourth-order valence-electron chi connectivity index (χ4n) is 1.62. The van der Waals surface area contributed by atoms with Gasteiger partial charge in [-0.05, 0) is 30.9 Å². The first-order valence-corrected chi connectivity index (χ1v) is 5.88. The molecule has 0 heterocycles. The number of unbranched alkanes of at least 4 members (excludes halogenated alkanes) is 2. The van der Waals surface area contributed by atoms with Gasteiger partial charge in [-0.1, -0.05) is 30.4 Å². The molecule has 0 unspecified atom stereocenters. The van der Waals surface area contributed by atoms with E-state index in [2.05, 4.69) is 0 Å². The van der Waals surface area contributed by atoms with Gasteiger partial charge in [0.05, 0.1) is 0 Å². The summed E-state index contributed by atoms with van der Waals surface area (Å²) < 4.78 is 0. The summed E-state index contributed by atoms with van der Waals surface area (Å²) in [6, 6.07) is 7.13. The van der Waals surface area contributed by atoms with E-state index < -0.39 is 11.9 Å². The quantitative estimate of drug-likeness (QED) is 0.726. The second-order valence-electron chi connectivity index (χ2n) is 3.99. The number of carboxylic acids is 1. The highest BCUT2D eigenvalue weighted by atomic mass is 16.4. The van der Waals surface area contributed by atoms with Crippen molar-refractivity contribution in [1.29, 1.82) is 0 Å². The summed E-state index contributed by atoms with van der Waals surface area (Å²) in [4.78, 5) is 21.5. The molecular weight excluding hydrogens is 230 g/mol. The van der Waals surface area contributed by atoms with Crippen molar-refractivity contribution in [2.24, 2.45) is 5.73 Å². The second kappa shape index (κ2) is 7.27. The maximum atomic E-state index is 11.2. The lowest BCUT2D eigenvalue weighted by atomic mass is 10.1. The number of carbonyl (C=O) groups excluding carboxylic acids is 1. The van der Waals surface area contributed by atoms with Crippen LogP contribution in [0.1, 0.15) is 41.6 Å². The molecule has 0 spiro atoms. The molecule has 0 aliphatic carbocycles. The van der Waals surface area contributed by atoms with Crippen molar-refractivity contribution in [3.63, 3.8) is 0 Å². The van der Waals surface area contributed by atoms with Crippen LogP contribution in [0.15, 0.2) is 30.3 Å². The van der Waals surface area contributed by atoms with Gasteiger partial charge in [0.2, 0.25) is 5.91 Å². The van der Waals surface area contributed by atoms with Gasteiger partial charge in [-0.3, -0.25) is 9.59 Å². The van der Waals surface area contributed by atoms with E-state index in [-0.39, 0.29) is 6.42 Å². The topological polar surface area (TPSA) is 80.4 Å². The lowest BCUT2D eigenvalue weighted by molar-refractivity contribution is -0.137. The van der Waals surface area contributed by atoms with Gasteiger partial charge < -0.3 is 10.8 Å². The molecule has 0 fully saturated rings. The van der Waals surface area contributed by atoms with Crippen molar-refractivity contribution in [1.82, 2.24) is 0 Å². The highest BCUT2D eigenvalue weighted by Crippen LogP contribution is 2.11. The highest BCUT2D eigenvalue weighted by Gasteiger charge is 2.03. The normalized spacial score (nSPS) is 10.7. The zero-order valence-electron chi connectivity index (χ0n) is 10.1. The molecule has 0 bridgehead atoms. The maximum absolute atomic E-state index is 11.2. The number of nitrogens with two attached hydrogens (primary N) is 1. The number of carboxylic acid groups (broad SMARTS) is 1. The molecule has 1 aromatic rings. The van der Waals surface area contributed by atoms with E-state index in [1.54, 1.807) is 12.1 Å². The number of allylic oxidation sites excluding steroid dienone is 1. The highest BCUT2D eigenvalue weighted by molar-refractivity contribution is 5.96. The first kappa shape index (κ1) is 14.0. The van der Waals surface area contributed by atoms with Crippen LogP contribution in [0.4, 0.5) is 0 Å². The zero-order valence-corrected chi connectivity index (χ0v) is 10.1. The number of carbonyl (C=O) groups is 2. The third-order valence-corrected chi connectivity index (χ3v) is 2.54. The Bertz CT molecular complexity index is 452. The van der Waals surface area contributed by atoms with Gasteiger partial charge in [0.1, 0.15) is 0 Å². The summed E-state index contributed by atoms with van der Waals surface area (Å²) >= 11 is 0. The van der Waals surface area contributed by atoms with Crippen LogP contribution in [0.25, 0.3) is 6.08 Å². The molecule has 0 aromatic heterocycles. The number of amides is 1. The first-order valence-electron chi connectivity index (χ1n) is 5.88. The fourth-order valence-corrected chi connectivity index (χ4v) is 1.62. The Balaban J connectivity index is 2.47. The van der Waals surface area contributed by atoms with Crippen molar-refractivity contribution >= 4 is 18.0 Å². The average molecular weight is 247 g/mol. The largest absolute Gasteiger partial charge is 0.481 e. The predicted octanol–water partition coefficient (Wildman–Crippen LogP) is 2.44. The minimum atomic E-state index is -0.766. The molecule has 18 heavy (non-hydrogen) atoms. The average Bonchev–Trinajstić information content (AvgIpc) is 2.33. The number of primary amides is 1. The maximum Gasteiger partial charge on any atom is 0.303 e. The summed E-state index contributed by atoms with van der Waals surface area (Å²) in [6.07, 6.45) is 6.26. The molecule has 4 heteroatoms. The first-order chi connectivity index (χ1) is 8.61. The molecular formula is C14H17NO3. The molecule has 4 nitrogen and oxygen atoms in total. The van der Waals surface area contributed by atoms with Crippen molar-refractivity contribution in [2.45, 2.75) is 25.7 Å². The predicted molar refractivity (Wildman–Crippen MR) is 70.1 cm³/mol. The van der Waals surface area contributed by atoms with E-state index >= 15 is 0 Å². The number of benzene rings is 1. The van der Waals surface area contributed by atoms with Gasteiger partial charge in [0.15, 0.2) is 0 Å². The summed E-state index contributed by atoms with van der Waals surface area (Å²) in [5, 5.41) is 8.48. The van der Waals surface area contributed by atoms with Gasteiger partial charge in [0.25, 0.3) is 0 Å². The Morgan fingerprint density at radius 3 is 2.61 bits per heavy atom. The minimum Gasteiger partial charge on any atom is -0.481 e. The van der Waals surface area contributed by atoms with Crippen molar-refractivity contribution in [2.75, 3.05) is 0 Å². The Morgan fingerprint density at radius 2 is 1.94 bits per heavy atom. The number of hydrogen-bond donors (Lipinski definition) is 2. The van der Waals surface area contributed by atoms with E-state index in [1.807, 2.05) is 24.3 Å². The smallest absolute Gasteiger partial charge is 0.303 e. The monoisotopic (exact) mass is 247 g/mol. The molecule has 0 saturated heterocycles. The standard InChI is InChI=1S/C14H17NO3/c15-14(18)12-9-6-5-8-11(12)7-3-1-2-4-10-13(16)17/h3,5-9H,1-2,4,10H2,(H2,15,18)(H,16,17)/b7-3+. The number of rotatable bonds is 7. The van der Waals surface area contributed by atoms with Crippen LogP contribution in [-0.4, -0.2) is 17.0 Å². The molecule has 96 valence electrons. The third-order valence-electron chi connectivity index (χ3n) is 2.54. The Labute approximate surface area is 106 Å². The summed E-state index contributed by atoms with van der Waals surface area (Å²) in [5.41, 5.74) is 6.56. The molecule has 0 saturated carbocycles. The van der Waals surface area contributed by atoms with Crippen molar-refractivity contribution < 1.29 is 14.7 Å². The Hall–Kier alpha value is -2.10. The zero-order chi connectivity index (χ0) is 13.4. The lowest BCUT2D eigenvalue weighted by Crippen LogP contribution is -2.12. The molecule has 1 amide bonds. The van der Waals surface area contributed by atoms with E-state index in [0.717, 1.165) is 18.4 Å². The van der Waals surface area contributed by atoms with Crippen LogP contribution < -0.4 is 5.73 Å². The molecule has 0 atom stereocenters. The van der Waals surface area contributed by atoms with E-state index in [4.69, 9.17) is 10.8 Å². The lowest BCUT2D eigenvalue weighted by Gasteiger charge is -2.00. The van der Waals surface area contributed by atoms with Gasteiger partial charge in [-0.25, -0.2) is 0 Å². The SMILES string of the molecule is NC(=O)c1ccccc1/C=C/CCCCC(=O)O. The molecule has 1 aromatic carbocycles. The van der Waals surface area contributed by atoms with Crippen LogP contribution in [0.5, 0.6) is 0 Å². The molecule has 0 radical (unpaired) electrons. The Morgan fingerprint density at radius 1 is 1.22 bits per heavy atom. The number of aliphatic carboxylic acids is 1. The summed E-state index contributed by atoms with van der Waals surface area (Å²) in [6.45, 7) is 0. The van der Waals surface area contributed by atoms with E-state index in [0.29, 0.717) is 12.0 Å². The van der Waals surface area contributed by atoms with Crippen LogP contribution in [0, 0.1) is 0 Å². The van der Waals surface area contributed by atoms with Gasteiger partial charge in [-0.2, -0.15) is 0 Å². The van der Waals surface area contributed by atoms with Crippen molar-refractivity contribution in [3.8, 4) is 0 Å². The van der Waals surface area contributed by atoms with E-state index in [1.165, 1.54) is 0 Å². The van der Waals surface area contributed by atoms with Crippen LogP contribution >= 0.6 is 0 Å². The van der Waals surface area contributed by atoms with Crippen LogP contribution in [0.2, 0.25) is 0 Å². The van der Waals surface area contributed by atoms with Gasteiger partial charge in [0, 0.05) is 12.0 Å².